The van der Waals surface area contributed by atoms with E-state index < -0.39 is 0 Å². The fourth-order valence-electron chi connectivity index (χ4n) is 2.56. The van der Waals surface area contributed by atoms with Gasteiger partial charge in [-0.15, -0.1) is 0 Å². The molecule has 0 bridgehead atoms. The van der Waals surface area contributed by atoms with E-state index in [1.165, 1.54) is 6.08 Å². The normalized spacial score (nSPS) is 12.4. The molecule has 1 atom stereocenters. The molecule has 1 unspecified atom stereocenters. The number of nitrogens with one attached hydrogen (secondary N) is 2. The molecule has 2 aromatic heterocycles. The minimum atomic E-state index is -0.163. The highest BCUT2D eigenvalue weighted by Gasteiger charge is 2.15. The van der Waals surface area contributed by atoms with Crippen LogP contribution in [0.1, 0.15) is 30.8 Å². The summed E-state index contributed by atoms with van der Waals surface area (Å²) in [5.41, 5.74) is 2.89. The van der Waals surface area contributed by atoms with Crippen molar-refractivity contribution in [3.05, 3.63) is 66.4 Å². The summed E-state index contributed by atoms with van der Waals surface area (Å²) in [6.07, 6.45) is 9.35. The number of carbonyl (C=O) groups is 1. The zero-order chi connectivity index (χ0) is 17.6. The van der Waals surface area contributed by atoms with Gasteiger partial charge < -0.3 is 10.3 Å². The Labute approximate surface area is 146 Å². The van der Waals surface area contributed by atoms with Gasteiger partial charge in [0, 0.05) is 24.9 Å². The van der Waals surface area contributed by atoms with Crippen molar-refractivity contribution in [1.29, 1.82) is 0 Å². The van der Waals surface area contributed by atoms with E-state index in [4.69, 9.17) is 0 Å². The lowest BCUT2D eigenvalue weighted by atomic mass is 10.2. The van der Waals surface area contributed by atoms with Crippen LogP contribution in [-0.4, -0.2) is 25.7 Å². The number of aromatic amines is 1. The number of H-pyrrole nitrogens is 1. The lowest BCUT2D eigenvalue weighted by Gasteiger charge is -2.13. The van der Waals surface area contributed by atoms with Crippen LogP contribution in [0.15, 0.2) is 55.0 Å². The maximum atomic E-state index is 12.2. The second-order valence-electron chi connectivity index (χ2n) is 5.80. The van der Waals surface area contributed by atoms with Gasteiger partial charge in [0.2, 0.25) is 5.91 Å². The van der Waals surface area contributed by atoms with Crippen molar-refractivity contribution in [3.8, 4) is 11.3 Å². The molecule has 3 rings (SSSR count). The molecule has 6 heteroatoms. The molecular formula is C19H21N5O. The van der Waals surface area contributed by atoms with Crippen molar-refractivity contribution in [1.82, 2.24) is 25.1 Å². The molecular weight excluding hydrogens is 314 g/mol. The Bertz CT molecular complexity index is 863. The molecule has 1 aromatic carbocycles. The van der Waals surface area contributed by atoms with Crippen LogP contribution >= 0.6 is 0 Å². The van der Waals surface area contributed by atoms with Crippen LogP contribution in [0.5, 0.6) is 0 Å². The first-order valence-corrected chi connectivity index (χ1v) is 8.23. The molecule has 2 heterocycles. The molecule has 2 N–H and O–H groups in total. The summed E-state index contributed by atoms with van der Waals surface area (Å²) in [6.45, 7) is 2.01. The smallest absolute Gasteiger partial charge is 0.244 e. The van der Waals surface area contributed by atoms with Gasteiger partial charge in [0.15, 0.2) is 0 Å². The Morgan fingerprint density at radius 3 is 2.80 bits per heavy atom. The van der Waals surface area contributed by atoms with Crippen molar-refractivity contribution < 1.29 is 4.79 Å². The third-order valence-electron chi connectivity index (χ3n) is 3.89. The second-order valence-corrected chi connectivity index (χ2v) is 5.80. The molecule has 0 radical (unpaired) electrons. The van der Waals surface area contributed by atoms with Gasteiger partial charge >= 0.3 is 0 Å². The Balaban J connectivity index is 1.67. The summed E-state index contributed by atoms with van der Waals surface area (Å²) in [4.78, 5) is 19.9. The summed E-state index contributed by atoms with van der Waals surface area (Å²) in [5.74, 6) is 0.595. The number of nitrogens with zero attached hydrogens (tertiary/aromatic N) is 3. The predicted molar refractivity (Wildman–Crippen MR) is 97.4 cm³/mol. The number of rotatable bonds is 6. The summed E-state index contributed by atoms with van der Waals surface area (Å²) >= 11 is 0. The van der Waals surface area contributed by atoms with Crippen molar-refractivity contribution in [2.45, 2.75) is 19.4 Å². The Morgan fingerprint density at radius 1 is 1.32 bits per heavy atom. The molecule has 0 aliphatic carbocycles. The maximum absolute atomic E-state index is 12.2. The number of hydrogen-bond acceptors (Lipinski definition) is 3. The lowest BCUT2D eigenvalue weighted by molar-refractivity contribution is -0.117. The van der Waals surface area contributed by atoms with Gasteiger partial charge in [0.25, 0.3) is 0 Å². The van der Waals surface area contributed by atoms with Gasteiger partial charge in [0.05, 0.1) is 24.1 Å². The van der Waals surface area contributed by atoms with Crippen molar-refractivity contribution in [3.63, 3.8) is 0 Å². The molecule has 0 aliphatic rings. The summed E-state index contributed by atoms with van der Waals surface area (Å²) in [6, 6.07) is 9.82. The van der Waals surface area contributed by atoms with Crippen LogP contribution in [0, 0.1) is 0 Å². The van der Waals surface area contributed by atoms with Crippen LogP contribution in [0.3, 0.4) is 0 Å². The highest BCUT2D eigenvalue weighted by Crippen LogP contribution is 2.20. The quantitative estimate of drug-likeness (QED) is 0.680. The van der Waals surface area contributed by atoms with Crippen LogP contribution in [0.2, 0.25) is 0 Å². The first kappa shape index (κ1) is 16.7. The number of benzene rings is 1. The van der Waals surface area contributed by atoms with Gasteiger partial charge in [-0.25, -0.2) is 4.98 Å². The largest absolute Gasteiger partial charge is 0.343 e. The Morgan fingerprint density at radius 2 is 2.12 bits per heavy atom. The van der Waals surface area contributed by atoms with Crippen LogP contribution < -0.4 is 5.32 Å². The standard InChI is InChI=1S/C19H21N5O/c1-3-16(22-18(25)10-9-14-11-21-24(2)13-14)19-20-12-17(23-19)15-7-5-4-6-8-15/h4-13,16H,3H2,1-2H3,(H,20,23)(H,22,25)/b10-9+. The van der Waals surface area contributed by atoms with E-state index in [-0.39, 0.29) is 11.9 Å². The molecule has 3 aromatic rings. The third kappa shape index (κ3) is 4.23. The molecule has 0 saturated carbocycles. The van der Waals surface area contributed by atoms with E-state index >= 15 is 0 Å². The number of amides is 1. The molecule has 0 spiro atoms. The average Bonchev–Trinajstić information content (AvgIpc) is 3.28. The number of aromatic nitrogens is 4. The van der Waals surface area contributed by atoms with E-state index in [0.717, 1.165) is 29.1 Å². The average molecular weight is 335 g/mol. The fourth-order valence-corrected chi connectivity index (χ4v) is 2.56. The highest BCUT2D eigenvalue weighted by molar-refractivity contribution is 5.91. The first-order chi connectivity index (χ1) is 12.2. The zero-order valence-corrected chi connectivity index (χ0v) is 14.3. The van der Waals surface area contributed by atoms with E-state index in [9.17, 15) is 4.79 Å². The van der Waals surface area contributed by atoms with Crippen molar-refractivity contribution in [2.24, 2.45) is 7.05 Å². The number of carbonyl (C=O) groups excluding carboxylic acids is 1. The topological polar surface area (TPSA) is 75.6 Å². The minimum absolute atomic E-state index is 0.159. The van der Waals surface area contributed by atoms with Gasteiger partial charge in [-0.3, -0.25) is 9.48 Å². The number of aryl methyl sites for hydroxylation is 1. The molecule has 0 saturated heterocycles. The zero-order valence-electron chi connectivity index (χ0n) is 14.3. The van der Waals surface area contributed by atoms with E-state index in [0.29, 0.717) is 0 Å². The first-order valence-electron chi connectivity index (χ1n) is 8.23. The Kier molecular flexibility index (Phi) is 5.09. The Hall–Kier alpha value is -3.15. The predicted octanol–water partition coefficient (Wildman–Crippen LogP) is 3.09. The van der Waals surface area contributed by atoms with Gasteiger partial charge in [0.1, 0.15) is 5.82 Å². The summed E-state index contributed by atoms with van der Waals surface area (Å²) in [5, 5.41) is 7.05. The van der Waals surface area contributed by atoms with E-state index in [1.54, 1.807) is 23.2 Å². The van der Waals surface area contributed by atoms with Crippen LogP contribution in [0.4, 0.5) is 0 Å². The number of imidazole rings is 1. The molecule has 0 fully saturated rings. The van der Waals surface area contributed by atoms with Gasteiger partial charge in [-0.05, 0) is 18.1 Å². The van der Waals surface area contributed by atoms with Crippen molar-refractivity contribution >= 4 is 12.0 Å². The summed E-state index contributed by atoms with van der Waals surface area (Å²) < 4.78 is 1.69. The van der Waals surface area contributed by atoms with E-state index in [1.807, 2.05) is 50.5 Å². The van der Waals surface area contributed by atoms with E-state index in [2.05, 4.69) is 20.4 Å². The molecule has 1 amide bonds. The molecule has 0 aliphatic heterocycles. The molecule has 128 valence electrons. The SMILES string of the molecule is CCC(NC(=O)/C=C/c1cnn(C)c1)c1ncc(-c2ccccc2)[nH]1. The van der Waals surface area contributed by atoms with Crippen LogP contribution in [0.25, 0.3) is 17.3 Å². The van der Waals surface area contributed by atoms with Gasteiger partial charge in [-0.2, -0.15) is 5.10 Å². The second kappa shape index (κ2) is 7.61. The maximum Gasteiger partial charge on any atom is 0.244 e. The molecule has 6 nitrogen and oxygen atoms in total. The minimum Gasteiger partial charge on any atom is -0.343 e. The van der Waals surface area contributed by atoms with Crippen LogP contribution in [-0.2, 0) is 11.8 Å². The fraction of sp³-hybridized carbons (Fsp3) is 0.211. The highest BCUT2D eigenvalue weighted by atomic mass is 16.1. The summed E-state index contributed by atoms with van der Waals surface area (Å²) in [7, 11) is 1.84. The molecule has 25 heavy (non-hydrogen) atoms. The lowest BCUT2D eigenvalue weighted by Crippen LogP contribution is -2.27. The monoisotopic (exact) mass is 335 g/mol. The third-order valence-corrected chi connectivity index (χ3v) is 3.89. The number of hydrogen-bond donors (Lipinski definition) is 2. The van der Waals surface area contributed by atoms with Gasteiger partial charge in [-0.1, -0.05) is 37.3 Å². The van der Waals surface area contributed by atoms with Crippen molar-refractivity contribution in [2.75, 3.05) is 0 Å².